The SMILES string of the molecule is Cc1ccc(NC(=O)c2cc(-c3ccccc3)nn2-c2ccc(Cl)cc2)cc1C. The summed E-state index contributed by atoms with van der Waals surface area (Å²) >= 11 is 6.03. The minimum Gasteiger partial charge on any atom is -0.321 e. The van der Waals surface area contributed by atoms with Crippen LogP contribution in [0.15, 0.2) is 78.9 Å². The zero-order valence-electron chi connectivity index (χ0n) is 16.2. The smallest absolute Gasteiger partial charge is 0.274 e. The average molecular weight is 402 g/mol. The highest BCUT2D eigenvalue weighted by Crippen LogP contribution is 2.24. The van der Waals surface area contributed by atoms with Crippen molar-refractivity contribution in [2.24, 2.45) is 0 Å². The van der Waals surface area contributed by atoms with Gasteiger partial charge in [0.05, 0.1) is 11.4 Å². The van der Waals surface area contributed by atoms with E-state index in [0.717, 1.165) is 28.2 Å². The molecular weight excluding hydrogens is 382 g/mol. The standard InChI is InChI=1S/C24H20ClN3O/c1-16-8-11-20(14-17(16)2)26-24(29)23-15-22(18-6-4-3-5-7-18)27-28(23)21-12-9-19(25)10-13-21/h3-15H,1-2H3,(H,26,29). The largest absolute Gasteiger partial charge is 0.321 e. The molecule has 4 rings (SSSR count). The maximum Gasteiger partial charge on any atom is 0.274 e. The molecule has 5 heteroatoms. The van der Waals surface area contributed by atoms with Gasteiger partial charge in [-0.1, -0.05) is 48.0 Å². The number of carbonyl (C=O) groups is 1. The number of hydrogen-bond donors (Lipinski definition) is 1. The Morgan fingerprint density at radius 3 is 2.31 bits per heavy atom. The van der Waals surface area contributed by atoms with Crippen LogP contribution in [-0.2, 0) is 0 Å². The van der Waals surface area contributed by atoms with E-state index in [2.05, 4.69) is 10.4 Å². The summed E-state index contributed by atoms with van der Waals surface area (Å²) in [5, 5.41) is 8.30. The van der Waals surface area contributed by atoms with E-state index in [9.17, 15) is 4.79 Å². The first kappa shape index (κ1) is 19.0. The van der Waals surface area contributed by atoms with E-state index in [4.69, 9.17) is 11.6 Å². The molecule has 0 saturated heterocycles. The number of amides is 1. The Hall–Kier alpha value is -3.37. The molecule has 0 saturated carbocycles. The van der Waals surface area contributed by atoms with Crippen molar-refractivity contribution in [1.82, 2.24) is 9.78 Å². The third kappa shape index (κ3) is 4.08. The number of aromatic nitrogens is 2. The van der Waals surface area contributed by atoms with Crippen molar-refractivity contribution in [1.29, 1.82) is 0 Å². The fourth-order valence-electron chi connectivity index (χ4n) is 3.09. The van der Waals surface area contributed by atoms with Gasteiger partial charge in [-0.15, -0.1) is 0 Å². The highest BCUT2D eigenvalue weighted by molar-refractivity contribution is 6.30. The zero-order chi connectivity index (χ0) is 20.4. The van der Waals surface area contributed by atoms with Crippen molar-refractivity contribution >= 4 is 23.2 Å². The summed E-state index contributed by atoms with van der Waals surface area (Å²) in [5.41, 5.74) is 5.94. The maximum absolute atomic E-state index is 13.1. The molecule has 0 aliphatic carbocycles. The van der Waals surface area contributed by atoms with E-state index in [1.165, 1.54) is 5.56 Å². The first-order valence-electron chi connectivity index (χ1n) is 9.31. The van der Waals surface area contributed by atoms with Crippen molar-refractivity contribution < 1.29 is 4.79 Å². The molecule has 1 amide bonds. The van der Waals surface area contributed by atoms with Crippen molar-refractivity contribution in [3.05, 3.63) is 101 Å². The predicted molar refractivity (Wildman–Crippen MR) is 118 cm³/mol. The lowest BCUT2D eigenvalue weighted by atomic mass is 10.1. The highest BCUT2D eigenvalue weighted by Gasteiger charge is 2.18. The van der Waals surface area contributed by atoms with Gasteiger partial charge in [-0.3, -0.25) is 4.79 Å². The van der Waals surface area contributed by atoms with Crippen LogP contribution in [0.1, 0.15) is 21.6 Å². The molecule has 0 radical (unpaired) electrons. The summed E-state index contributed by atoms with van der Waals surface area (Å²) in [6, 6.07) is 24.7. The Balaban J connectivity index is 1.75. The van der Waals surface area contributed by atoms with Gasteiger partial charge in [0.25, 0.3) is 5.91 Å². The van der Waals surface area contributed by atoms with Crippen LogP contribution in [0.4, 0.5) is 5.69 Å². The van der Waals surface area contributed by atoms with Gasteiger partial charge in [0.1, 0.15) is 5.69 Å². The fourth-order valence-corrected chi connectivity index (χ4v) is 3.21. The van der Waals surface area contributed by atoms with Crippen LogP contribution in [-0.4, -0.2) is 15.7 Å². The minimum absolute atomic E-state index is 0.224. The molecule has 0 spiro atoms. The molecular formula is C24H20ClN3O. The van der Waals surface area contributed by atoms with E-state index in [-0.39, 0.29) is 5.91 Å². The molecule has 0 aliphatic rings. The van der Waals surface area contributed by atoms with Gasteiger partial charge in [-0.25, -0.2) is 4.68 Å². The van der Waals surface area contributed by atoms with Crippen molar-refractivity contribution in [3.8, 4) is 16.9 Å². The number of halogens is 1. The maximum atomic E-state index is 13.1. The summed E-state index contributed by atoms with van der Waals surface area (Å²) in [6.07, 6.45) is 0. The van der Waals surface area contributed by atoms with Gasteiger partial charge >= 0.3 is 0 Å². The third-order valence-corrected chi connectivity index (χ3v) is 5.10. The van der Waals surface area contributed by atoms with E-state index in [0.29, 0.717) is 10.7 Å². The molecule has 3 aromatic carbocycles. The van der Waals surface area contributed by atoms with Crippen LogP contribution < -0.4 is 5.32 Å². The van der Waals surface area contributed by atoms with Crippen LogP contribution in [0.3, 0.4) is 0 Å². The molecule has 1 N–H and O–H groups in total. The van der Waals surface area contributed by atoms with Gasteiger partial charge in [0, 0.05) is 16.3 Å². The average Bonchev–Trinajstić information content (AvgIpc) is 3.18. The Labute approximate surface area is 174 Å². The van der Waals surface area contributed by atoms with E-state index in [1.807, 2.05) is 74.5 Å². The molecule has 1 heterocycles. The first-order chi connectivity index (χ1) is 14.0. The van der Waals surface area contributed by atoms with Gasteiger partial charge in [0.2, 0.25) is 0 Å². The molecule has 0 bridgehead atoms. The Morgan fingerprint density at radius 2 is 1.62 bits per heavy atom. The van der Waals surface area contributed by atoms with E-state index >= 15 is 0 Å². The normalized spacial score (nSPS) is 10.7. The number of carbonyl (C=O) groups excluding carboxylic acids is 1. The fraction of sp³-hybridized carbons (Fsp3) is 0.0833. The third-order valence-electron chi connectivity index (χ3n) is 4.85. The number of nitrogens with zero attached hydrogens (tertiary/aromatic N) is 2. The predicted octanol–water partition coefficient (Wildman–Crippen LogP) is 6.06. The topological polar surface area (TPSA) is 46.9 Å². The van der Waals surface area contributed by atoms with E-state index in [1.54, 1.807) is 22.9 Å². The molecule has 0 atom stereocenters. The van der Waals surface area contributed by atoms with Crippen molar-refractivity contribution in [3.63, 3.8) is 0 Å². The second-order valence-corrected chi connectivity index (χ2v) is 7.36. The zero-order valence-corrected chi connectivity index (χ0v) is 16.9. The second kappa shape index (κ2) is 7.94. The van der Waals surface area contributed by atoms with Gasteiger partial charge in [-0.05, 0) is 67.4 Å². The van der Waals surface area contributed by atoms with Crippen LogP contribution in [0.25, 0.3) is 16.9 Å². The van der Waals surface area contributed by atoms with Crippen molar-refractivity contribution in [2.75, 3.05) is 5.32 Å². The molecule has 0 fully saturated rings. The van der Waals surface area contributed by atoms with Crippen LogP contribution in [0.2, 0.25) is 5.02 Å². The summed E-state index contributed by atoms with van der Waals surface area (Å²) < 4.78 is 1.65. The Kier molecular flexibility index (Phi) is 5.19. The number of nitrogens with one attached hydrogen (secondary N) is 1. The van der Waals surface area contributed by atoms with Crippen LogP contribution in [0.5, 0.6) is 0 Å². The lowest BCUT2D eigenvalue weighted by molar-refractivity contribution is 0.101. The lowest BCUT2D eigenvalue weighted by Gasteiger charge is -2.10. The summed E-state index contributed by atoms with van der Waals surface area (Å²) in [7, 11) is 0. The number of aryl methyl sites for hydroxylation is 2. The number of rotatable bonds is 4. The highest BCUT2D eigenvalue weighted by atomic mass is 35.5. The lowest BCUT2D eigenvalue weighted by Crippen LogP contribution is -2.17. The summed E-state index contributed by atoms with van der Waals surface area (Å²) in [5.74, 6) is -0.224. The van der Waals surface area contributed by atoms with Crippen LogP contribution >= 0.6 is 11.6 Å². The minimum atomic E-state index is -0.224. The van der Waals surface area contributed by atoms with Crippen molar-refractivity contribution in [2.45, 2.75) is 13.8 Å². The molecule has 0 aliphatic heterocycles. The molecule has 4 aromatic rings. The van der Waals surface area contributed by atoms with Crippen LogP contribution in [0, 0.1) is 13.8 Å². The summed E-state index contributed by atoms with van der Waals surface area (Å²) in [6.45, 7) is 4.07. The van der Waals surface area contributed by atoms with Gasteiger partial charge in [-0.2, -0.15) is 5.10 Å². The van der Waals surface area contributed by atoms with Gasteiger partial charge in [0.15, 0.2) is 0 Å². The molecule has 1 aromatic heterocycles. The van der Waals surface area contributed by atoms with E-state index < -0.39 is 0 Å². The second-order valence-electron chi connectivity index (χ2n) is 6.92. The monoisotopic (exact) mass is 401 g/mol. The Morgan fingerprint density at radius 1 is 0.897 bits per heavy atom. The first-order valence-corrected chi connectivity index (χ1v) is 9.69. The molecule has 0 unspecified atom stereocenters. The number of hydrogen-bond acceptors (Lipinski definition) is 2. The molecule has 4 nitrogen and oxygen atoms in total. The quantitative estimate of drug-likeness (QED) is 0.451. The summed E-state index contributed by atoms with van der Waals surface area (Å²) in [4.78, 5) is 13.1. The van der Waals surface area contributed by atoms with Gasteiger partial charge < -0.3 is 5.32 Å². The number of benzene rings is 3. The Bertz CT molecular complexity index is 1160. The molecule has 144 valence electrons. The number of anilines is 1. The molecule has 29 heavy (non-hydrogen) atoms.